The van der Waals surface area contributed by atoms with Crippen molar-refractivity contribution < 1.29 is 9.59 Å². The molecule has 1 atom stereocenters. The lowest BCUT2D eigenvalue weighted by molar-refractivity contribution is -0.119. The van der Waals surface area contributed by atoms with Crippen LogP contribution < -0.4 is 10.6 Å². The highest BCUT2D eigenvalue weighted by Crippen LogP contribution is 2.19. The van der Waals surface area contributed by atoms with E-state index in [1.807, 2.05) is 25.1 Å². The van der Waals surface area contributed by atoms with Crippen molar-refractivity contribution in [3.8, 4) is 11.4 Å². The SMILES string of the molecule is CCNc1ccnc(-c2ccc(C(=O)N3CC[C@H](NC(C)=O)C3)cc2)n1. The summed E-state index contributed by atoms with van der Waals surface area (Å²) >= 11 is 0. The number of aromatic nitrogens is 2. The van der Waals surface area contributed by atoms with Crippen molar-refractivity contribution in [3.63, 3.8) is 0 Å². The standard InChI is InChI=1S/C19H23N5O2/c1-3-20-17-8-10-21-18(23-17)14-4-6-15(7-5-14)19(26)24-11-9-16(12-24)22-13(2)25/h4-8,10,16H,3,9,11-12H2,1-2H3,(H,22,25)(H,20,21,23)/t16-/m0/s1. The Hall–Kier alpha value is -2.96. The highest BCUT2D eigenvalue weighted by molar-refractivity contribution is 5.95. The summed E-state index contributed by atoms with van der Waals surface area (Å²) < 4.78 is 0. The van der Waals surface area contributed by atoms with Crippen LogP contribution >= 0.6 is 0 Å². The summed E-state index contributed by atoms with van der Waals surface area (Å²) in [4.78, 5) is 34.3. The predicted octanol–water partition coefficient (Wildman–Crippen LogP) is 1.93. The number of anilines is 1. The number of nitrogens with zero attached hydrogens (tertiary/aromatic N) is 3. The molecule has 0 spiro atoms. The molecular weight excluding hydrogens is 330 g/mol. The number of carbonyl (C=O) groups is 2. The first-order chi connectivity index (χ1) is 12.6. The molecule has 1 saturated heterocycles. The van der Waals surface area contributed by atoms with Gasteiger partial charge in [-0.05, 0) is 31.5 Å². The van der Waals surface area contributed by atoms with Gasteiger partial charge in [0.1, 0.15) is 5.82 Å². The lowest BCUT2D eigenvalue weighted by Gasteiger charge is -2.17. The van der Waals surface area contributed by atoms with Crippen molar-refractivity contribution in [1.29, 1.82) is 0 Å². The van der Waals surface area contributed by atoms with Crippen LogP contribution in [0.5, 0.6) is 0 Å². The van der Waals surface area contributed by atoms with Gasteiger partial charge in [-0.3, -0.25) is 9.59 Å². The molecule has 1 aliphatic rings. The molecule has 1 aliphatic heterocycles. The summed E-state index contributed by atoms with van der Waals surface area (Å²) in [7, 11) is 0. The average Bonchev–Trinajstić information content (AvgIpc) is 3.09. The largest absolute Gasteiger partial charge is 0.370 e. The number of hydrogen-bond donors (Lipinski definition) is 2. The molecule has 0 unspecified atom stereocenters. The van der Waals surface area contributed by atoms with E-state index >= 15 is 0 Å². The molecule has 136 valence electrons. The minimum Gasteiger partial charge on any atom is -0.370 e. The molecular formula is C19H23N5O2. The minimum atomic E-state index is -0.0616. The van der Waals surface area contributed by atoms with Gasteiger partial charge in [-0.2, -0.15) is 0 Å². The maximum atomic E-state index is 12.6. The first kappa shape index (κ1) is 17.8. The topological polar surface area (TPSA) is 87.2 Å². The number of hydrogen-bond acceptors (Lipinski definition) is 5. The van der Waals surface area contributed by atoms with Crippen LogP contribution in [0.4, 0.5) is 5.82 Å². The Morgan fingerprint density at radius 1 is 1.23 bits per heavy atom. The third-order valence-corrected chi connectivity index (χ3v) is 4.29. The summed E-state index contributed by atoms with van der Waals surface area (Å²) in [6.45, 7) is 5.50. The van der Waals surface area contributed by atoms with Crippen LogP contribution in [-0.4, -0.2) is 52.4 Å². The van der Waals surface area contributed by atoms with E-state index in [2.05, 4.69) is 20.6 Å². The molecule has 7 heteroatoms. The second kappa shape index (κ2) is 7.95. The van der Waals surface area contributed by atoms with E-state index in [0.29, 0.717) is 24.5 Å². The Kier molecular flexibility index (Phi) is 5.46. The van der Waals surface area contributed by atoms with Crippen LogP contribution in [0.2, 0.25) is 0 Å². The Labute approximate surface area is 152 Å². The van der Waals surface area contributed by atoms with Gasteiger partial charge in [0.05, 0.1) is 0 Å². The molecule has 26 heavy (non-hydrogen) atoms. The van der Waals surface area contributed by atoms with E-state index in [1.165, 1.54) is 6.92 Å². The zero-order valence-corrected chi connectivity index (χ0v) is 15.0. The maximum Gasteiger partial charge on any atom is 0.253 e. The average molecular weight is 353 g/mol. The predicted molar refractivity (Wildman–Crippen MR) is 99.8 cm³/mol. The van der Waals surface area contributed by atoms with Gasteiger partial charge in [0, 0.05) is 49.9 Å². The van der Waals surface area contributed by atoms with E-state index in [1.54, 1.807) is 23.2 Å². The van der Waals surface area contributed by atoms with Crippen molar-refractivity contribution >= 4 is 17.6 Å². The molecule has 0 radical (unpaired) electrons. The van der Waals surface area contributed by atoms with Gasteiger partial charge >= 0.3 is 0 Å². The van der Waals surface area contributed by atoms with Crippen molar-refractivity contribution in [2.75, 3.05) is 25.0 Å². The van der Waals surface area contributed by atoms with E-state index in [4.69, 9.17) is 0 Å². The van der Waals surface area contributed by atoms with Gasteiger partial charge in [0.15, 0.2) is 5.82 Å². The van der Waals surface area contributed by atoms with E-state index in [0.717, 1.165) is 24.3 Å². The summed E-state index contributed by atoms with van der Waals surface area (Å²) in [5.41, 5.74) is 1.49. The number of nitrogens with one attached hydrogen (secondary N) is 2. The Balaban J connectivity index is 1.69. The van der Waals surface area contributed by atoms with Gasteiger partial charge in [-0.1, -0.05) is 12.1 Å². The molecule has 3 rings (SSSR count). The summed E-state index contributed by atoms with van der Waals surface area (Å²) in [6, 6.07) is 9.18. The first-order valence-electron chi connectivity index (χ1n) is 8.80. The highest BCUT2D eigenvalue weighted by Gasteiger charge is 2.27. The van der Waals surface area contributed by atoms with Gasteiger partial charge in [0.25, 0.3) is 5.91 Å². The van der Waals surface area contributed by atoms with Crippen LogP contribution in [0.3, 0.4) is 0 Å². The van der Waals surface area contributed by atoms with Gasteiger partial charge in [-0.25, -0.2) is 9.97 Å². The molecule has 2 heterocycles. The fourth-order valence-electron chi connectivity index (χ4n) is 3.07. The number of carbonyl (C=O) groups excluding carboxylic acids is 2. The Morgan fingerprint density at radius 3 is 2.69 bits per heavy atom. The summed E-state index contributed by atoms with van der Waals surface area (Å²) in [5, 5.41) is 6.03. The molecule has 0 saturated carbocycles. The maximum absolute atomic E-state index is 12.6. The van der Waals surface area contributed by atoms with Crippen molar-refractivity contribution in [3.05, 3.63) is 42.1 Å². The van der Waals surface area contributed by atoms with Crippen LogP contribution in [0, 0.1) is 0 Å². The molecule has 0 aliphatic carbocycles. The number of amides is 2. The van der Waals surface area contributed by atoms with Crippen LogP contribution in [0.1, 0.15) is 30.6 Å². The molecule has 1 aromatic carbocycles. The van der Waals surface area contributed by atoms with Crippen LogP contribution in [0.15, 0.2) is 36.5 Å². The second-order valence-electron chi connectivity index (χ2n) is 6.31. The second-order valence-corrected chi connectivity index (χ2v) is 6.31. The third-order valence-electron chi connectivity index (χ3n) is 4.29. The Morgan fingerprint density at radius 2 is 2.00 bits per heavy atom. The fraction of sp³-hybridized carbons (Fsp3) is 0.368. The van der Waals surface area contributed by atoms with Crippen molar-refractivity contribution in [2.45, 2.75) is 26.3 Å². The lowest BCUT2D eigenvalue weighted by Crippen LogP contribution is -2.37. The Bertz CT molecular complexity index is 791. The first-order valence-corrected chi connectivity index (χ1v) is 8.80. The molecule has 7 nitrogen and oxygen atoms in total. The number of benzene rings is 1. The highest BCUT2D eigenvalue weighted by atomic mass is 16.2. The lowest BCUT2D eigenvalue weighted by atomic mass is 10.1. The van der Waals surface area contributed by atoms with Crippen LogP contribution in [0.25, 0.3) is 11.4 Å². The van der Waals surface area contributed by atoms with Gasteiger partial charge in [0.2, 0.25) is 5.91 Å². The molecule has 1 fully saturated rings. The smallest absolute Gasteiger partial charge is 0.253 e. The zero-order chi connectivity index (χ0) is 18.5. The summed E-state index contributed by atoms with van der Waals surface area (Å²) in [6.07, 6.45) is 2.50. The van der Waals surface area contributed by atoms with E-state index < -0.39 is 0 Å². The molecule has 2 aromatic rings. The molecule has 1 aromatic heterocycles. The third kappa shape index (κ3) is 4.17. The van der Waals surface area contributed by atoms with E-state index in [9.17, 15) is 9.59 Å². The normalized spacial score (nSPS) is 16.4. The monoisotopic (exact) mass is 353 g/mol. The number of rotatable bonds is 5. The van der Waals surface area contributed by atoms with Gasteiger partial charge < -0.3 is 15.5 Å². The van der Waals surface area contributed by atoms with Gasteiger partial charge in [-0.15, -0.1) is 0 Å². The fourth-order valence-corrected chi connectivity index (χ4v) is 3.07. The quantitative estimate of drug-likeness (QED) is 0.858. The molecule has 0 bridgehead atoms. The number of likely N-dealkylation sites (tertiary alicyclic amines) is 1. The zero-order valence-electron chi connectivity index (χ0n) is 15.0. The molecule has 2 amide bonds. The van der Waals surface area contributed by atoms with Crippen molar-refractivity contribution in [1.82, 2.24) is 20.2 Å². The minimum absolute atomic E-state index is 0.0216. The van der Waals surface area contributed by atoms with Crippen molar-refractivity contribution in [2.24, 2.45) is 0 Å². The molecule has 2 N–H and O–H groups in total. The van der Waals surface area contributed by atoms with E-state index in [-0.39, 0.29) is 17.9 Å². The van der Waals surface area contributed by atoms with Crippen LogP contribution in [-0.2, 0) is 4.79 Å². The summed E-state index contributed by atoms with van der Waals surface area (Å²) in [5.74, 6) is 1.31.